The maximum Gasteiger partial charge on any atom is 0.253 e. The Kier molecular flexibility index (Phi) is 6.08. The van der Waals surface area contributed by atoms with Gasteiger partial charge in [0.05, 0.1) is 10.6 Å². The molecule has 0 aliphatic carbocycles. The second-order valence-electron chi connectivity index (χ2n) is 7.15. The van der Waals surface area contributed by atoms with Crippen molar-refractivity contribution in [2.45, 2.75) is 32.7 Å². The fraction of sp³-hybridized carbons (Fsp3) is 0.333. The van der Waals surface area contributed by atoms with Crippen molar-refractivity contribution in [1.29, 1.82) is 0 Å². The van der Waals surface area contributed by atoms with Crippen molar-refractivity contribution >= 4 is 40.7 Å². The zero-order valence-electron chi connectivity index (χ0n) is 15.3. The molecule has 0 saturated carbocycles. The van der Waals surface area contributed by atoms with Gasteiger partial charge < -0.3 is 10.2 Å². The van der Waals surface area contributed by atoms with E-state index in [0.717, 1.165) is 17.7 Å². The molecular weight excluding hydrogens is 383 g/mol. The minimum Gasteiger partial charge on any atom is -0.340 e. The van der Waals surface area contributed by atoms with E-state index in [-0.39, 0.29) is 22.8 Å². The minimum atomic E-state index is -0.615. The number of para-hydroxylation sites is 1. The maximum absolute atomic E-state index is 13.2. The standard InChI is InChI=1S/C21H22Cl2N2O2/c1-13(2)11-18(24-20(26)16-8-7-15(22)12-17(16)23)21(27)25-10-9-14-5-3-4-6-19(14)25/h3-8,12-13,18H,9-11H2,1-2H3,(H,24,26). The molecule has 1 unspecified atom stereocenters. The van der Waals surface area contributed by atoms with Gasteiger partial charge in [0.15, 0.2) is 0 Å². The first-order valence-corrected chi connectivity index (χ1v) is 9.77. The van der Waals surface area contributed by atoms with Crippen LogP contribution >= 0.6 is 23.2 Å². The quantitative estimate of drug-likeness (QED) is 0.782. The second kappa shape index (κ2) is 8.32. The van der Waals surface area contributed by atoms with E-state index in [1.165, 1.54) is 6.07 Å². The summed E-state index contributed by atoms with van der Waals surface area (Å²) in [6.07, 6.45) is 1.38. The summed E-state index contributed by atoms with van der Waals surface area (Å²) >= 11 is 12.1. The average Bonchev–Trinajstić information content (AvgIpc) is 3.04. The van der Waals surface area contributed by atoms with E-state index in [0.29, 0.717) is 23.6 Å². The number of hydrogen-bond acceptors (Lipinski definition) is 2. The number of nitrogens with one attached hydrogen (secondary N) is 1. The summed E-state index contributed by atoms with van der Waals surface area (Å²) in [6.45, 7) is 4.68. The summed E-state index contributed by atoms with van der Waals surface area (Å²) in [5.74, 6) is -0.215. The van der Waals surface area contributed by atoms with E-state index in [1.54, 1.807) is 17.0 Å². The van der Waals surface area contributed by atoms with Gasteiger partial charge in [0.25, 0.3) is 5.91 Å². The SMILES string of the molecule is CC(C)CC(NC(=O)c1ccc(Cl)cc1Cl)C(=O)N1CCc2ccccc21. The number of hydrogen-bond donors (Lipinski definition) is 1. The van der Waals surface area contributed by atoms with Crippen LogP contribution in [0.25, 0.3) is 0 Å². The summed E-state index contributed by atoms with van der Waals surface area (Å²) in [6, 6.07) is 12.0. The van der Waals surface area contributed by atoms with Crippen molar-refractivity contribution < 1.29 is 9.59 Å². The van der Waals surface area contributed by atoms with Gasteiger partial charge in [-0.3, -0.25) is 9.59 Å². The molecule has 4 nitrogen and oxygen atoms in total. The number of halogens is 2. The molecule has 0 aromatic heterocycles. The average molecular weight is 405 g/mol. The van der Waals surface area contributed by atoms with Crippen LogP contribution in [-0.2, 0) is 11.2 Å². The molecule has 2 amide bonds. The van der Waals surface area contributed by atoms with E-state index in [2.05, 4.69) is 5.32 Å². The molecule has 1 heterocycles. The van der Waals surface area contributed by atoms with E-state index in [4.69, 9.17) is 23.2 Å². The van der Waals surface area contributed by atoms with Crippen LogP contribution in [0.15, 0.2) is 42.5 Å². The predicted octanol–water partition coefficient (Wildman–Crippen LogP) is 4.73. The Morgan fingerprint density at radius 1 is 1.15 bits per heavy atom. The monoisotopic (exact) mass is 404 g/mol. The zero-order chi connectivity index (χ0) is 19.6. The highest BCUT2D eigenvalue weighted by Crippen LogP contribution is 2.29. The van der Waals surface area contributed by atoms with Crippen molar-refractivity contribution in [2.75, 3.05) is 11.4 Å². The molecule has 2 aromatic carbocycles. The van der Waals surface area contributed by atoms with Gasteiger partial charge in [-0.1, -0.05) is 55.2 Å². The maximum atomic E-state index is 13.2. The predicted molar refractivity (Wildman–Crippen MR) is 110 cm³/mol. The van der Waals surface area contributed by atoms with E-state index in [1.807, 2.05) is 38.1 Å². The Hall–Kier alpha value is -2.04. The number of benzene rings is 2. The number of carbonyl (C=O) groups excluding carboxylic acids is 2. The van der Waals surface area contributed by atoms with Gasteiger partial charge in [-0.2, -0.15) is 0 Å². The molecule has 0 saturated heterocycles. The Balaban J connectivity index is 1.82. The Labute approximate surface area is 169 Å². The van der Waals surface area contributed by atoms with Crippen LogP contribution in [0.4, 0.5) is 5.69 Å². The number of anilines is 1. The van der Waals surface area contributed by atoms with Gasteiger partial charge in [-0.05, 0) is 48.6 Å². The molecule has 27 heavy (non-hydrogen) atoms. The Bertz CT molecular complexity index is 867. The van der Waals surface area contributed by atoms with Crippen molar-refractivity contribution in [3.05, 3.63) is 63.6 Å². The Morgan fingerprint density at radius 2 is 1.89 bits per heavy atom. The van der Waals surface area contributed by atoms with Gasteiger partial charge in [0.2, 0.25) is 5.91 Å². The van der Waals surface area contributed by atoms with Gasteiger partial charge in [0, 0.05) is 17.3 Å². The van der Waals surface area contributed by atoms with Crippen molar-refractivity contribution in [3.8, 4) is 0 Å². The molecule has 142 valence electrons. The first kappa shape index (κ1) is 19.7. The third kappa shape index (κ3) is 4.45. The molecule has 6 heteroatoms. The van der Waals surface area contributed by atoms with Crippen LogP contribution in [0.5, 0.6) is 0 Å². The lowest BCUT2D eigenvalue weighted by Gasteiger charge is -2.26. The summed E-state index contributed by atoms with van der Waals surface area (Å²) in [5, 5.41) is 3.60. The van der Waals surface area contributed by atoms with Gasteiger partial charge in [-0.15, -0.1) is 0 Å². The highest BCUT2D eigenvalue weighted by molar-refractivity contribution is 6.36. The molecule has 0 bridgehead atoms. The van der Waals surface area contributed by atoms with Gasteiger partial charge >= 0.3 is 0 Å². The lowest BCUT2D eigenvalue weighted by atomic mass is 10.0. The fourth-order valence-electron chi connectivity index (χ4n) is 3.36. The lowest BCUT2D eigenvalue weighted by molar-refractivity contribution is -0.120. The molecule has 1 atom stereocenters. The third-order valence-corrected chi connectivity index (χ3v) is 5.19. The molecule has 3 rings (SSSR count). The number of fused-ring (bicyclic) bond motifs is 1. The molecule has 1 aliphatic rings. The Morgan fingerprint density at radius 3 is 2.59 bits per heavy atom. The first-order valence-electron chi connectivity index (χ1n) is 9.02. The van der Waals surface area contributed by atoms with Gasteiger partial charge in [0.1, 0.15) is 6.04 Å². The van der Waals surface area contributed by atoms with E-state index in [9.17, 15) is 9.59 Å². The topological polar surface area (TPSA) is 49.4 Å². The second-order valence-corrected chi connectivity index (χ2v) is 7.99. The minimum absolute atomic E-state index is 0.0907. The molecule has 0 fully saturated rings. The summed E-state index contributed by atoms with van der Waals surface area (Å²) in [7, 11) is 0. The van der Waals surface area contributed by atoms with Crippen LogP contribution in [0, 0.1) is 5.92 Å². The summed E-state index contributed by atoms with van der Waals surface area (Å²) in [4.78, 5) is 27.7. The summed E-state index contributed by atoms with van der Waals surface area (Å²) in [5.41, 5.74) is 2.39. The number of rotatable bonds is 5. The lowest BCUT2D eigenvalue weighted by Crippen LogP contribution is -2.49. The number of amides is 2. The number of nitrogens with zero attached hydrogens (tertiary/aromatic N) is 1. The smallest absolute Gasteiger partial charge is 0.253 e. The molecule has 1 N–H and O–H groups in total. The first-order chi connectivity index (χ1) is 12.9. The molecular formula is C21H22Cl2N2O2. The van der Waals surface area contributed by atoms with Crippen LogP contribution in [0.2, 0.25) is 10.0 Å². The largest absolute Gasteiger partial charge is 0.340 e. The van der Waals surface area contributed by atoms with E-state index >= 15 is 0 Å². The van der Waals surface area contributed by atoms with E-state index < -0.39 is 6.04 Å². The fourth-order valence-corrected chi connectivity index (χ4v) is 3.85. The van der Waals surface area contributed by atoms with Crippen molar-refractivity contribution in [2.24, 2.45) is 5.92 Å². The van der Waals surface area contributed by atoms with Crippen LogP contribution in [0.1, 0.15) is 36.2 Å². The zero-order valence-corrected chi connectivity index (χ0v) is 16.8. The molecule has 0 radical (unpaired) electrons. The third-order valence-electron chi connectivity index (χ3n) is 4.64. The molecule has 0 spiro atoms. The van der Waals surface area contributed by atoms with Crippen molar-refractivity contribution in [1.82, 2.24) is 5.32 Å². The molecule has 2 aromatic rings. The van der Waals surface area contributed by atoms with Gasteiger partial charge in [-0.25, -0.2) is 0 Å². The summed E-state index contributed by atoms with van der Waals surface area (Å²) < 4.78 is 0. The molecule has 1 aliphatic heterocycles. The highest BCUT2D eigenvalue weighted by Gasteiger charge is 2.31. The van der Waals surface area contributed by atoms with Crippen LogP contribution in [0.3, 0.4) is 0 Å². The van der Waals surface area contributed by atoms with Crippen LogP contribution in [-0.4, -0.2) is 24.4 Å². The van der Waals surface area contributed by atoms with Crippen LogP contribution < -0.4 is 10.2 Å². The van der Waals surface area contributed by atoms with Crippen molar-refractivity contribution in [3.63, 3.8) is 0 Å². The normalized spacial score (nSPS) is 14.2. The number of carbonyl (C=O) groups is 2. The highest BCUT2D eigenvalue weighted by atomic mass is 35.5.